The highest BCUT2D eigenvalue weighted by molar-refractivity contribution is 7.87. The molecule has 0 aliphatic carbocycles. The number of hydrogen-bond acceptors (Lipinski definition) is 4. The third-order valence-electron chi connectivity index (χ3n) is 2.87. The summed E-state index contributed by atoms with van der Waals surface area (Å²) in [7, 11) is -3.44. The van der Waals surface area contributed by atoms with E-state index >= 15 is 0 Å². The highest BCUT2D eigenvalue weighted by Gasteiger charge is 2.31. The van der Waals surface area contributed by atoms with Crippen LogP contribution in [0.25, 0.3) is 0 Å². The molecule has 4 N–H and O–H groups in total. The van der Waals surface area contributed by atoms with Crippen molar-refractivity contribution in [3.05, 3.63) is 0 Å². The van der Waals surface area contributed by atoms with Gasteiger partial charge in [-0.15, -0.1) is 0 Å². The van der Waals surface area contributed by atoms with Crippen LogP contribution in [0.1, 0.15) is 19.8 Å². The van der Waals surface area contributed by atoms with E-state index < -0.39 is 10.2 Å². The van der Waals surface area contributed by atoms with E-state index in [1.165, 1.54) is 4.31 Å². The Bertz CT molecular complexity index is 371. The van der Waals surface area contributed by atoms with Gasteiger partial charge in [-0.1, -0.05) is 6.92 Å². The first kappa shape index (κ1) is 15.4. The Morgan fingerprint density at radius 3 is 2.83 bits per heavy atom. The van der Waals surface area contributed by atoms with Crippen molar-refractivity contribution < 1.29 is 13.2 Å². The summed E-state index contributed by atoms with van der Waals surface area (Å²) in [6.45, 7) is 3.60. The summed E-state index contributed by atoms with van der Waals surface area (Å²) in [4.78, 5) is 11.8. The summed E-state index contributed by atoms with van der Waals surface area (Å²) in [6, 6.07) is 0. The fraction of sp³-hybridized carbons (Fsp3) is 0.900. The number of hydrogen-bond donors (Lipinski definition) is 3. The zero-order valence-electron chi connectivity index (χ0n) is 10.7. The maximum atomic E-state index is 11.8. The van der Waals surface area contributed by atoms with Crippen LogP contribution < -0.4 is 15.8 Å². The number of amides is 1. The first-order valence-corrected chi connectivity index (χ1v) is 7.67. The molecule has 1 atom stereocenters. The van der Waals surface area contributed by atoms with Gasteiger partial charge in [0.25, 0.3) is 10.2 Å². The van der Waals surface area contributed by atoms with E-state index in [1.54, 1.807) is 6.92 Å². The summed E-state index contributed by atoms with van der Waals surface area (Å²) >= 11 is 0. The Balaban J connectivity index is 2.58. The van der Waals surface area contributed by atoms with Gasteiger partial charge in [0.05, 0.1) is 5.92 Å². The molecule has 8 heteroatoms. The predicted molar refractivity (Wildman–Crippen MR) is 69.0 cm³/mol. The molecule has 0 aromatic rings. The van der Waals surface area contributed by atoms with Gasteiger partial charge in [-0.05, 0) is 12.8 Å². The predicted octanol–water partition coefficient (Wildman–Crippen LogP) is -1.37. The fourth-order valence-corrected chi connectivity index (χ4v) is 3.28. The fourth-order valence-electron chi connectivity index (χ4n) is 1.99. The van der Waals surface area contributed by atoms with Crippen LogP contribution in [0.2, 0.25) is 0 Å². The minimum absolute atomic E-state index is 0.114. The number of nitrogens with one attached hydrogen (secondary N) is 2. The van der Waals surface area contributed by atoms with Crippen molar-refractivity contribution >= 4 is 16.1 Å². The van der Waals surface area contributed by atoms with Gasteiger partial charge in [0, 0.05) is 32.7 Å². The van der Waals surface area contributed by atoms with Crippen LogP contribution in [-0.2, 0) is 15.0 Å². The van der Waals surface area contributed by atoms with Gasteiger partial charge in [0.15, 0.2) is 0 Å². The number of nitrogens with zero attached hydrogens (tertiary/aromatic N) is 1. The topological polar surface area (TPSA) is 105 Å². The normalized spacial score (nSPS) is 21.8. The third-order valence-corrected chi connectivity index (χ3v) is 4.53. The molecule has 0 bridgehead atoms. The number of nitrogens with two attached hydrogens (primary N) is 1. The Morgan fingerprint density at radius 1 is 1.50 bits per heavy atom. The summed E-state index contributed by atoms with van der Waals surface area (Å²) in [6.07, 6.45) is 1.42. The van der Waals surface area contributed by atoms with E-state index in [9.17, 15) is 13.2 Å². The molecule has 0 spiro atoms. The van der Waals surface area contributed by atoms with Crippen molar-refractivity contribution in [1.29, 1.82) is 0 Å². The maximum Gasteiger partial charge on any atom is 0.279 e. The first-order chi connectivity index (χ1) is 8.51. The number of piperidine rings is 1. The molecule has 7 nitrogen and oxygen atoms in total. The Kier molecular flexibility index (Phi) is 6.00. The van der Waals surface area contributed by atoms with Crippen LogP contribution in [0.4, 0.5) is 0 Å². The van der Waals surface area contributed by atoms with Crippen LogP contribution in [-0.4, -0.2) is 51.4 Å². The van der Waals surface area contributed by atoms with E-state index in [2.05, 4.69) is 10.0 Å². The van der Waals surface area contributed by atoms with Crippen molar-refractivity contribution in [1.82, 2.24) is 14.3 Å². The van der Waals surface area contributed by atoms with Crippen LogP contribution in [0.15, 0.2) is 0 Å². The van der Waals surface area contributed by atoms with Crippen LogP contribution in [0.3, 0.4) is 0 Å². The van der Waals surface area contributed by atoms with Crippen LogP contribution in [0, 0.1) is 5.92 Å². The Labute approximate surface area is 108 Å². The van der Waals surface area contributed by atoms with Gasteiger partial charge in [0.2, 0.25) is 5.91 Å². The van der Waals surface area contributed by atoms with E-state index in [1.807, 2.05) is 0 Å². The zero-order chi connectivity index (χ0) is 13.6. The second kappa shape index (κ2) is 7.03. The van der Waals surface area contributed by atoms with E-state index in [-0.39, 0.29) is 18.4 Å². The van der Waals surface area contributed by atoms with Gasteiger partial charge in [0.1, 0.15) is 0 Å². The number of carbonyl (C=O) groups is 1. The molecular formula is C10H22N4O3S. The highest BCUT2D eigenvalue weighted by Crippen LogP contribution is 2.18. The molecule has 1 saturated heterocycles. The molecule has 0 aromatic carbocycles. The standard InChI is InChI=1S/C10H22N4O3S/c1-2-13-18(16,17)14-7-3-4-9(8-14)10(15)12-6-5-11/h9,13H,2-8,11H2,1H3,(H,12,15). The van der Waals surface area contributed by atoms with Gasteiger partial charge in [-0.2, -0.15) is 12.7 Å². The molecule has 1 fully saturated rings. The van der Waals surface area contributed by atoms with E-state index in [0.29, 0.717) is 39.0 Å². The molecule has 1 heterocycles. The Morgan fingerprint density at radius 2 is 2.22 bits per heavy atom. The van der Waals surface area contributed by atoms with Crippen molar-refractivity contribution in [3.63, 3.8) is 0 Å². The molecule has 1 aliphatic heterocycles. The van der Waals surface area contributed by atoms with Crippen molar-refractivity contribution in [3.8, 4) is 0 Å². The second-order valence-corrected chi connectivity index (χ2v) is 6.04. The maximum absolute atomic E-state index is 11.8. The molecule has 1 unspecified atom stereocenters. The Hall–Kier alpha value is -0.700. The van der Waals surface area contributed by atoms with E-state index in [0.717, 1.165) is 0 Å². The molecule has 0 aromatic heterocycles. The molecule has 1 aliphatic rings. The molecule has 1 amide bonds. The SMILES string of the molecule is CCNS(=O)(=O)N1CCCC(C(=O)NCCN)C1. The van der Waals surface area contributed by atoms with Gasteiger partial charge in [-0.25, -0.2) is 4.72 Å². The molecule has 0 saturated carbocycles. The van der Waals surface area contributed by atoms with Crippen molar-refractivity contribution in [2.45, 2.75) is 19.8 Å². The lowest BCUT2D eigenvalue weighted by Gasteiger charge is -2.31. The van der Waals surface area contributed by atoms with Gasteiger partial charge < -0.3 is 11.1 Å². The summed E-state index contributed by atoms with van der Waals surface area (Å²) in [5.74, 6) is -0.393. The molecule has 106 valence electrons. The monoisotopic (exact) mass is 278 g/mol. The van der Waals surface area contributed by atoms with Crippen LogP contribution >= 0.6 is 0 Å². The van der Waals surface area contributed by atoms with Gasteiger partial charge in [-0.3, -0.25) is 4.79 Å². The summed E-state index contributed by atoms with van der Waals surface area (Å²) in [5.41, 5.74) is 5.31. The zero-order valence-corrected chi connectivity index (χ0v) is 11.5. The average molecular weight is 278 g/mol. The second-order valence-electron chi connectivity index (χ2n) is 4.28. The lowest BCUT2D eigenvalue weighted by atomic mass is 9.99. The lowest BCUT2D eigenvalue weighted by Crippen LogP contribution is -2.49. The average Bonchev–Trinajstić information content (AvgIpc) is 2.36. The first-order valence-electron chi connectivity index (χ1n) is 6.23. The van der Waals surface area contributed by atoms with Crippen molar-refractivity contribution in [2.75, 3.05) is 32.7 Å². The summed E-state index contributed by atoms with van der Waals surface area (Å²) < 4.78 is 27.4. The minimum Gasteiger partial charge on any atom is -0.355 e. The van der Waals surface area contributed by atoms with E-state index in [4.69, 9.17) is 5.73 Å². The van der Waals surface area contributed by atoms with Gasteiger partial charge >= 0.3 is 0 Å². The molecule has 0 radical (unpaired) electrons. The molecule has 1 rings (SSSR count). The van der Waals surface area contributed by atoms with Crippen LogP contribution in [0.5, 0.6) is 0 Å². The van der Waals surface area contributed by atoms with Crippen molar-refractivity contribution in [2.24, 2.45) is 11.7 Å². The number of carbonyl (C=O) groups excluding carboxylic acids is 1. The number of rotatable bonds is 6. The molecule has 18 heavy (non-hydrogen) atoms. The smallest absolute Gasteiger partial charge is 0.279 e. The quantitative estimate of drug-likeness (QED) is 0.557. The minimum atomic E-state index is -3.44. The molecular weight excluding hydrogens is 256 g/mol. The lowest BCUT2D eigenvalue weighted by molar-refractivity contribution is -0.126. The largest absolute Gasteiger partial charge is 0.355 e. The summed E-state index contributed by atoms with van der Waals surface area (Å²) in [5, 5.41) is 2.70. The third kappa shape index (κ3) is 4.20. The highest BCUT2D eigenvalue weighted by atomic mass is 32.2.